The van der Waals surface area contributed by atoms with Crippen LogP contribution in [-0.4, -0.2) is 140 Å². The molecule has 0 aromatic rings. The molecule has 14 nitrogen and oxygen atoms in total. The fourth-order valence-electron chi connectivity index (χ4n) is 9.23. The Morgan fingerprint density at radius 1 is 0.522 bits per heavy atom. The highest BCUT2D eigenvalue weighted by Gasteiger charge is 2.51. The number of rotatable bonds is 43. The van der Waals surface area contributed by atoms with Gasteiger partial charge in [0.15, 0.2) is 12.6 Å². The van der Waals surface area contributed by atoms with E-state index in [9.17, 15) is 45.6 Å². The maximum atomic E-state index is 13.2. The van der Waals surface area contributed by atoms with Gasteiger partial charge in [0, 0.05) is 6.42 Å². The number of aliphatic hydroxyl groups excluding tert-OH is 8. The summed E-state index contributed by atoms with van der Waals surface area (Å²) in [6.07, 6.45) is 26.4. The van der Waals surface area contributed by atoms with Crippen LogP contribution >= 0.6 is 0 Å². The molecule has 2 rings (SSSR count). The van der Waals surface area contributed by atoms with Gasteiger partial charge in [-0.05, 0) is 38.5 Å². The molecule has 0 aromatic heterocycles. The SMILES string of the molecule is CCCCC/C=C\CCCCCCCC(=O)NC(COC1OC(CO)C(OC2OC(CO)C(O)C(O)C2O)C(O)C1O)C(O)CCCCCCCCCCCCCCCCCCCCCCC. The molecule has 12 unspecified atom stereocenters. The van der Waals surface area contributed by atoms with E-state index >= 15 is 0 Å². The van der Waals surface area contributed by atoms with Crippen LogP contribution < -0.4 is 5.32 Å². The number of ether oxygens (including phenoxy) is 4. The van der Waals surface area contributed by atoms with Crippen molar-refractivity contribution in [1.29, 1.82) is 0 Å². The number of nitrogens with one attached hydrogen (secondary N) is 1. The van der Waals surface area contributed by atoms with Gasteiger partial charge in [0.2, 0.25) is 5.91 Å². The highest BCUT2D eigenvalue weighted by atomic mass is 16.7. The van der Waals surface area contributed by atoms with Crippen molar-refractivity contribution in [3.8, 4) is 0 Å². The molecule has 14 heteroatoms. The van der Waals surface area contributed by atoms with E-state index < -0.39 is 86.8 Å². The summed E-state index contributed by atoms with van der Waals surface area (Å²) in [6, 6.07) is -0.828. The Balaban J connectivity index is 1.77. The first-order valence-corrected chi connectivity index (χ1v) is 27.4. The molecule has 1 amide bonds. The molecule has 0 spiro atoms. The second-order valence-corrected chi connectivity index (χ2v) is 19.7. The smallest absolute Gasteiger partial charge is 0.220 e. The molecule has 2 aliphatic heterocycles. The Kier molecular flexibility index (Phi) is 37.2. The van der Waals surface area contributed by atoms with E-state index in [-0.39, 0.29) is 12.5 Å². The molecule has 0 radical (unpaired) electrons. The molecular formula is C53H101NO13. The fourth-order valence-corrected chi connectivity index (χ4v) is 9.23. The normalized spacial score (nSPS) is 26.6. The fraction of sp³-hybridized carbons (Fsp3) is 0.943. The quantitative estimate of drug-likeness (QED) is 0.0209. The zero-order valence-electron chi connectivity index (χ0n) is 42.2. The second-order valence-electron chi connectivity index (χ2n) is 19.7. The van der Waals surface area contributed by atoms with Gasteiger partial charge < -0.3 is 65.1 Å². The molecule has 0 saturated carbocycles. The van der Waals surface area contributed by atoms with Crippen LogP contribution in [0.15, 0.2) is 12.2 Å². The van der Waals surface area contributed by atoms with E-state index in [0.717, 1.165) is 64.2 Å². The van der Waals surface area contributed by atoms with Crippen molar-refractivity contribution >= 4 is 5.91 Å². The van der Waals surface area contributed by atoms with Gasteiger partial charge in [-0.1, -0.05) is 193 Å². The molecular weight excluding hydrogens is 859 g/mol. The molecule has 9 N–H and O–H groups in total. The number of unbranched alkanes of at least 4 members (excludes halogenated alkanes) is 28. The van der Waals surface area contributed by atoms with Gasteiger partial charge in [-0.15, -0.1) is 0 Å². The van der Waals surface area contributed by atoms with Crippen LogP contribution in [0.1, 0.15) is 226 Å². The molecule has 2 heterocycles. The molecule has 67 heavy (non-hydrogen) atoms. The van der Waals surface area contributed by atoms with Crippen molar-refractivity contribution < 1.29 is 64.6 Å². The minimum absolute atomic E-state index is 0.215. The summed E-state index contributed by atoms with van der Waals surface area (Å²) in [5, 5.41) is 87.0. The number of hydrogen-bond donors (Lipinski definition) is 9. The van der Waals surface area contributed by atoms with Crippen molar-refractivity contribution in [2.24, 2.45) is 0 Å². The van der Waals surface area contributed by atoms with Crippen LogP contribution in [0, 0.1) is 0 Å². The molecule has 2 aliphatic rings. The van der Waals surface area contributed by atoms with Gasteiger partial charge in [-0.2, -0.15) is 0 Å². The Hall–Kier alpha value is -1.27. The van der Waals surface area contributed by atoms with E-state index in [1.807, 2.05) is 0 Å². The predicted octanol–water partition coefficient (Wildman–Crippen LogP) is 7.94. The zero-order chi connectivity index (χ0) is 48.9. The van der Waals surface area contributed by atoms with Crippen molar-refractivity contribution in [2.45, 2.75) is 299 Å². The van der Waals surface area contributed by atoms with Crippen LogP contribution in [0.2, 0.25) is 0 Å². The van der Waals surface area contributed by atoms with E-state index in [2.05, 4.69) is 31.3 Å². The van der Waals surface area contributed by atoms with E-state index in [0.29, 0.717) is 19.3 Å². The van der Waals surface area contributed by atoms with E-state index in [4.69, 9.17) is 18.9 Å². The third-order valence-electron chi connectivity index (χ3n) is 13.7. The Labute approximate surface area is 406 Å². The van der Waals surface area contributed by atoms with Crippen molar-refractivity contribution in [3.63, 3.8) is 0 Å². The molecule has 2 fully saturated rings. The van der Waals surface area contributed by atoms with E-state index in [1.54, 1.807) is 0 Å². The summed E-state index contributed by atoms with van der Waals surface area (Å²) in [5.41, 5.74) is 0. The van der Waals surface area contributed by atoms with Gasteiger partial charge in [-0.3, -0.25) is 4.79 Å². The average Bonchev–Trinajstić information content (AvgIpc) is 3.32. The third-order valence-corrected chi connectivity index (χ3v) is 13.7. The van der Waals surface area contributed by atoms with Crippen LogP contribution in [0.4, 0.5) is 0 Å². The first-order chi connectivity index (χ1) is 32.6. The number of hydrogen-bond acceptors (Lipinski definition) is 13. The number of carbonyl (C=O) groups is 1. The van der Waals surface area contributed by atoms with Gasteiger partial charge in [0.05, 0.1) is 32.0 Å². The second kappa shape index (κ2) is 40.3. The Bertz CT molecular complexity index is 1180. The first kappa shape index (κ1) is 61.8. The Morgan fingerprint density at radius 3 is 1.45 bits per heavy atom. The van der Waals surface area contributed by atoms with Crippen molar-refractivity contribution in [3.05, 3.63) is 12.2 Å². The maximum Gasteiger partial charge on any atom is 0.220 e. The summed E-state index contributed by atoms with van der Waals surface area (Å²) in [7, 11) is 0. The minimum atomic E-state index is -1.78. The van der Waals surface area contributed by atoms with E-state index in [1.165, 1.54) is 128 Å². The lowest BCUT2D eigenvalue weighted by Gasteiger charge is -2.46. The lowest BCUT2D eigenvalue weighted by atomic mass is 9.97. The number of carbonyl (C=O) groups excluding carboxylic acids is 1. The van der Waals surface area contributed by atoms with Crippen molar-refractivity contribution in [1.82, 2.24) is 5.32 Å². The standard InChI is InChI=1S/C53H101NO13/c1-3-5-7-9-11-13-15-17-18-19-20-21-22-23-24-25-26-28-30-32-34-36-42(57)41(54-45(58)37-35-33-31-29-27-16-14-12-10-8-6-4-2)40-64-52-50(63)48(61)51(44(39-56)66-52)67-53-49(62)47(60)46(59)43(38-55)65-53/h12,14,41-44,46-53,55-57,59-63H,3-11,13,15-40H2,1-2H3,(H,54,58)/b14-12-. The summed E-state index contributed by atoms with van der Waals surface area (Å²) < 4.78 is 22.8. The summed E-state index contributed by atoms with van der Waals surface area (Å²) in [6.45, 7) is 2.83. The lowest BCUT2D eigenvalue weighted by Crippen LogP contribution is -2.65. The Morgan fingerprint density at radius 2 is 0.940 bits per heavy atom. The topological polar surface area (TPSA) is 228 Å². The highest BCUT2D eigenvalue weighted by Crippen LogP contribution is 2.30. The zero-order valence-corrected chi connectivity index (χ0v) is 42.2. The van der Waals surface area contributed by atoms with Gasteiger partial charge in [0.1, 0.15) is 48.8 Å². The minimum Gasteiger partial charge on any atom is -0.394 e. The van der Waals surface area contributed by atoms with Crippen LogP contribution in [0.3, 0.4) is 0 Å². The average molecular weight is 960 g/mol. The monoisotopic (exact) mass is 960 g/mol. The molecule has 12 atom stereocenters. The molecule has 0 aromatic carbocycles. The number of amides is 1. The third kappa shape index (κ3) is 27.2. The van der Waals surface area contributed by atoms with Crippen LogP contribution in [0.25, 0.3) is 0 Å². The molecule has 0 aliphatic carbocycles. The largest absolute Gasteiger partial charge is 0.394 e. The van der Waals surface area contributed by atoms with Crippen LogP contribution in [0.5, 0.6) is 0 Å². The summed E-state index contributed by atoms with van der Waals surface area (Å²) >= 11 is 0. The van der Waals surface area contributed by atoms with Crippen LogP contribution in [-0.2, 0) is 23.7 Å². The van der Waals surface area contributed by atoms with Crippen molar-refractivity contribution in [2.75, 3.05) is 19.8 Å². The van der Waals surface area contributed by atoms with Gasteiger partial charge in [-0.25, -0.2) is 0 Å². The first-order valence-electron chi connectivity index (χ1n) is 27.4. The number of allylic oxidation sites excluding steroid dienone is 2. The summed E-state index contributed by atoms with van der Waals surface area (Å²) in [5.74, 6) is -0.215. The van der Waals surface area contributed by atoms with Gasteiger partial charge >= 0.3 is 0 Å². The maximum absolute atomic E-state index is 13.2. The molecule has 2 saturated heterocycles. The molecule has 396 valence electrons. The van der Waals surface area contributed by atoms with Gasteiger partial charge in [0.25, 0.3) is 0 Å². The predicted molar refractivity (Wildman–Crippen MR) is 263 cm³/mol. The lowest BCUT2D eigenvalue weighted by molar-refractivity contribution is -0.359. The number of aliphatic hydroxyl groups is 8. The summed E-state index contributed by atoms with van der Waals surface area (Å²) in [4.78, 5) is 13.2. The molecule has 0 bridgehead atoms. The highest BCUT2D eigenvalue weighted by molar-refractivity contribution is 5.76.